The Morgan fingerprint density at radius 2 is 2.18 bits per heavy atom. The van der Waals surface area contributed by atoms with Crippen molar-refractivity contribution in [1.29, 1.82) is 0 Å². The Kier molecular flexibility index (Phi) is 3.76. The van der Waals surface area contributed by atoms with Crippen LogP contribution in [-0.4, -0.2) is 30.0 Å². The number of carbonyl (C=O) groups excluding carboxylic acids is 1. The second-order valence-electron chi connectivity index (χ2n) is 4.49. The average molecular weight is 234 g/mol. The lowest BCUT2D eigenvalue weighted by atomic mass is 10.1. The van der Waals surface area contributed by atoms with Crippen molar-refractivity contribution in [1.82, 2.24) is 4.90 Å². The highest BCUT2D eigenvalue weighted by Crippen LogP contribution is 2.20. The maximum Gasteiger partial charge on any atom is 0.254 e. The van der Waals surface area contributed by atoms with E-state index in [0.717, 1.165) is 30.5 Å². The first-order chi connectivity index (χ1) is 8.22. The fraction of sp³-hybridized carbons (Fsp3) is 0.462. The quantitative estimate of drug-likeness (QED) is 0.806. The molecule has 2 N–H and O–H groups in total. The van der Waals surface area contributed by atoms with Crippen LogP contribution in [0.1, 0.15) is 28.8 Å². The van der Waals surface area contributed by atoms with Crippen LogP contribution in [0, 0.1) is 6.92 Å². The van der Waals surface area contributed by atoms with Crippen LogP contribution in [0.3, 0.4) is 0 Å². The van der Waals surface area contributed by atoms with Gasteiger partial charge in [0.1, 0.15) is 0 Å². The number of hydrogen-bond donors (Lipinski definition) is 1. The molecule has 0 radical (unpaired) electrons. The molecule has 0 spiro atoms. The third-order valence-corrected chi connectivity index (χ3v) is 3.23. The molecular formula is C13H18N2O2. The fourth-order valence-electron chi connectivity index (χ4n) is 2.25. The molecule has 0 aliphatic carbocycles. The maximum atomic E-state index is 12.3. The molecule has 1 heterocycles. The lowest BCUT2D eigenvalue weighted by molar-refractivity contribution is 0.0540. The van der Waals surface area contributed by atoms with Crippen molar-refractivity contribution >= 4 is 5.91 Å². The molecule has 0 bridgehead atoms. The number of likely N-dealkylation sites (tertiary alicyclic amines) is 1. The normalized spacial score (nSPS) is 19.6. The number of benzene rings is 1. The average Bonchev–Trinajstić information content (AvgIpc) is 2.78. The van der Waals surface area contributed by atoms with Crippen LogP contribution in [0.25, 0.3) is 0 Å². The van der Waals surface area contributed by atoms with Crippen LogP contribution < -0.4 is 5.90 Å². The van der Waals surface area contributed by atoms with Gasteiger partial charge in [0, 0.05) is 12.1 Å². The standard InChI is InChI=1S/C13H18N2O2/c1-10-4-6-11(7-5-10)13(16)15-8-2-3-12(15)9-17-14/h4-7,12H,2-3,8-9,14H2,1H3. The number of nitrogens with two attached hydrogens (primary N) is 1. The van der Waals surface area contributed by atoms with Crippen LogP contribution in [0.5, 0.6) is 0 Å². The molecule has 0 saturated carbocycles. The predicted octanol–water partition coefficient (Wildman–Crippen LogP) is 1.49. The van der Waals surface area contributed by atoms with Gasteiger partial charge in [-0.25, -0.2) is 5.90 Å². The summed E-state index contributed by atoms with van der Waals surface area (Å²) < 4.78 is 0. The fourth-order valence-corrected chi connectivity index (χ4v) is 2.25. The minimum atomic E-state index is 0.0737. The van der Waals surface area contributed by atoms with E-state index in [2.05, 4.69) is 4.84 Å². The van der Waals surface area contributed by atoms with Gasteiger partial charge in [-0.3, -0.25) is 4.79 Å². The minimum Gasteiger partial charge on any atom is -0.333 e. The molecule has 1 aliphatic heterocycles. The van der Waals surface area contributed by atoms with Crippen molar-refractivity contribution in [3.63, 3.8) is 0 Å². The third-order valence-electron chi connectivity index (χ3n) is 3.23. The summed E-state index contributed by atoms with van der Waals surface area (Å²) >= 11 is 0. The Morgan fingerprint density at radius 1 is 1.47 bits per heavy atom. The summed E-state index contributed by atoms with van der Waals surface area (Å²) in [5, 5.41) is 0. The molecule has 92 valence electrons. The van der Waals surface area contributed by atoms with Gasteiger partial charge in [0.2, 0.25) is 0 Å². The number of hydrogen-bond acceptors (Lipinski definition) is 3. The second kappa shape index (κ2) is 5.29. The van der Waals surface area contributed by atoms with Gasteiger partial charge in [-0.15, -0.1) is 0 Å². The van der Waals surface area contributed by atoms with Gasteiger partial charge in [0.15, 0.2) is 0 Å². The Hall–Kier alpha value is -1.39. The maximum absolute atomic E-state index is 12.3. The zero-order chi connectivity index (χ0) is 12.3. The molecule has 1 unspecified atom stereocenters. The molecular weight excluding hydrogens is 216 g/mol. The van der Waals surface area contributed by atoms with Crippen LogP contribution in [0.15, 0.2) is 24.3 Å². The zero-order valence-corrected chi connectivity index (χ0v) is 10.1. The van der Waals surface area contributed by atoms with E-state index in [4.69, 9.17) is 5.90 Å². The van der Waals surface area contributed by atoms with E-state index in [1.807, 2.05) is 36.1 Å². The zero-order valence-electron chi connectivity index (χ0n) is 10.1. The summed E-state index contributed by atoms with van der Waals surface area (Å²) in [4.78, 5) is 18.8. The van der Waals surface area contributed by atoms with E-state index in [0.29, 0.717) is 6.61 Å². The summed E-state index contributed by atoms with van der Waals surface area (Å²) in [5.74, 6) is 5.16. The van der Waals surface area contributed by atoms with E-state index in [1.165, 1.54) is 0 Å². The first-order valence-electron chi connectivity index (χ1n) is 5.91. The lowest BCUT2D eigenvalue weighted by Crippen LogP contribution is -2.38. The Labute approximate surface area is 101 Å². The Morgan fingerprint density at radius 3 is 2.82 bits per heavy atom. The Balaban J connectivity index is 2.11. The highest BCUT2D eigenvalue weighted by atomic mass is 16.6. The topological polar surface area (TPSA) is 55.6 Å². The molecule has 1 aromatic rings. The molecule has 2 rings (SSSR count). The summed E-state index contributed by atoms with van der Waals surface area (Å²) in [6, 6.07) is 7.77. The first kappa shape index (κ1) is 12.1. The van der Waals surface area contributed by atoms with E-state index >= 15 is 0 Å². The van der Waals surface area contributed by atoms with Gasteiger partial charge in [0.25, 0.3) is 5.91 Å². The highest BCUT2D eigenvalue weighted by Gasteiger charge is 2.29. The van der Waals surface area contributed by atoms with Gasteiger partial charge >= 0.3 is 0 Å². The molecule has 1 amide bonds. The van der Waals surface area contributed by atoms with E-state index in [9.17, 15) is 4.79 Å². The number of nitrogens with zero attached hydrogens (tertiary/aromatic N) is 1. The van der Waals surface area contributed by atoms with Crippen LogP contribution in [0.2, 0.25) is 0 Å². The minimum absolute atomic E-state index is 0.0737. The van der Waals surface area contributed by atoms with Crippen molar-refractivity contribution in [3.05, 3.63) is 35.4 Å². The molecule has 1 saturated heterocycles. The van der Waals surface area contributed by atoms with Crippen molar-refractivity contribution < 1.29 is 9.63 Å². The van der Waals surface area contributed by atoms with Gasteiger partial charge in [-0.05, 0) is 31.9 Å². The molecule has 1 aliphatic rings. The van der Waals surface area contributed by atoms with Crippen molar-refractivity contribution in [2.75, 3.05) is 13.2 Å². The second-order valence-corrected chi connectivity index (χ2v) is 4.49. The molecule has 0 aromatic heterocycles. The van der Waals surface area contributed by atoms with Crippen LogP contribution in [0.4, 0.5) is 0 Å². The van der Waals surface area contributed by atoms with Gasteiger partial charge in [0.05, 0.1) is 12.6 Å². The predicted molar refractivity (Wildman–Crippen MR) is 65.4 cm³/mol. The van der Waals surface area contributed by atoms with Gasteiger partial charge in [-0.1, -0.05) is 17.7 Å². The SMILES string of the molecule is Cc1ccc(C(=O)N2CCCC2CON)cc1. The number of carbonyl (C=O) groups is 1. The summed E-state index contributed by atoms with van der Waals surface area (Å²) in [7, 11) is 0. The molecule has 17 heavy (non-hydrogen) atoms. The van der Waals surface area contributed by atoms with E-state index < -0.39 is 0 Å². The molecule has 1 atom stereocenters. The number of aryl methyl sites for hydroxylation is 1. The molecule has 1 fully saturated rings. The Bertz CT molecular complexity index is 389. The van der Waals surface area contributed by atoms with E-state index in [-0.39, 0.29) is 11.9 Å². The third kappa shape index (κ3) is 2.65. The smallest absolute Gasteiger partial charge is 0.254 e. The lowest BCUT2D eigenvalue weighted by Gasteiger charge is -2.23. The summed E-state index contributed by atoms with van der Waals surface area (Å²) in [5.41, 5.74) is 1.89. The van der Waals surface area contributed by atoms with Crippen molar-refractivity contribution in [2.24, 2.45) is 5.90 Å². The number of rotatable bonds is 3. The number of amides is 1. The van der Waals surface area contributed by atoms with Crippen molar-refractivity contribution in [2.45, 2.75) is 25.8 Å². The van der Waals surface area contributed by atoms with Crippen LogP contribution in [-0.2, 0) is 4.84 Å². The summed E-state index contributed by atoms with van der Waals surface area (Å²) in [6.07, 6.45) is 1.99. The van der Waals surface area contributed by atoms with Crippen LogP contribution >= 0.6 is 0 Å². The monoisotopic (exact) mass is 234 g/mol. The highest BCUT2D eigenvalue weighted by molar-refractivity contribution is 5.94. The first-order valence-corrected chi connectivity index (χ1v) is 5.91. The molecule has 4 nitrogen and oxygen atoms in total. The van der Waals surface area contributed by atoms with Gasteiger partial charge < -0.3 is 9.74 Å². The van der Waals surface area contributed by atoms with Crippen molar-refractivity contribution in [3.8, 4) is 0 Å². The molecule has 4 heteroatoms. The summed E-state index contributed by atoms with van der Waals surface area (Å²) in [6.45, 7) is 3.22. The largest absolute Gasteiger partial charge is 0.333 e. The van der Waals surface area contributed by atoms with E-state index in [1.54, 1.807) is 0 Å². The van der Waals surface area contributed by atoms with Gasteiger partial charge in [-0.2, -0.15) is 0 Å². The molecule has 1 aromatic carbocycles.